The average molecular weight is 534 g/mol. The van der Waals surface area contributed by atoms with Crippen LogP contribution in [0, 0.1) is 17.1 Å². The van der Waals surface area contributed by atoms with Gasteiger partial charge in [0.15, 0.2) is 0 Å². The molecule has 2 aromatic rings. The molecule has 1 atom stereocenters. The zero-order chi connectivity index (χ0) is 27.7. The molecule has 0 heterocycles. The second-order valence-electron chi connectivity index (χ2n) is 9.51. The number of amides is 1. The molecule has 1 unspecified atom stereocenters. The SMILES string of the molecule is COC(=O)c1cc(NC(=O)C2(c3ccc(OC(F)(F)F)cc3F)CC2)ccc1/C(C=N)=C/NC(C)C1CC1. The van der Waals surface area contributed by atoms with Crippen molar-refractivity contribution in [3.8, 4) is 5.75 Å². The summed E-state index contributed by atoms with van der Waals surface area (Å²) in [7, 11) is 1.21. The highest BCUT2D eigenvalue weighted by Gasteiger charge is 2.53. The van der Waals surface area contributed by atoms with Crippen LogP contribution in [0.3, 0.4) is 0 Å². The number of carbonyl (C=O) groups is 2. The summed E-state index contributed by atoms with van der Waals surface area (Å²) in [6.07, 6.45) is 0.682. The monoisotopic (exact) mass is 533 g/mol. The molecule has 202 valence electrons. The molecule has 0 aliphatic heterocycles. The van der Waals surface area contributed by atoms with Crippen molar-refractivity contribution in [2.75, 3.05) is 12.4 Å². The number of rotatable bonds is 10. The molecular formula is C27H27F4N3O4. The summed E-state index contributed by atoms with van der Waals surface area (Å²) in [5.41, 5.74) is -0.0739. The van der Waals surface area contributed by atoms with Gasteiger partial charge in [0, 0.05) is 41.3 Å². The highest BCUT2D eigenvalue weighted by Crippen LogP contribution is 2.50. The van der Waals surface area contributed by atoms with Crippen LogP contribution >= 0.6 is 0 Å². The van der Waals surface area contributed by atoms with Gasteiger partial charge in [0.2, 0.25) is 5.91 Å². The van der Waals surface area contributed by atoms with Gasteiger partial charge in [0.25, 0.3) is 0 Å². The lowest BCUT2D eigenvalue weighted by atomic mass is 9.93. The van der Waals surface area contributed by atoms with E-state index in [2.05, 4.69) is 15.4 Å². The van der Waals surface area contributed by atoms with Gasteiger partial charge in [-0.25, -0.2) is 9.18 Å². The molecule has 0 saturated heterocycles. The number of carbonyl (C=O) groups excluding carboxylic acids is 2. The van der Waals surface area contributed by atoms with Gasteiger partial charge in [-0.05, 0) is 62.3 Å². The molecule has 0 radical (unpaired) electrons. The molecule has 38 heavy (non-hydrogen) atoms. The molecular weight excluding hydrogens is 506 g/mol. The lowest BCUT2D eigenvalue weighted by molar-refractivity contribution is -0.274. The summed E-state index contributed by atoms with van der Waals surface area (Å²) in [5, 5.41) is 13.8. The number of methoxy groups -OCH3 is 1. The number of esters is 1. The Hall–Kier alpha value is -3.89. The number of alkyl halides is 3. The quantitative estimate of drug-likeness (QED) is 0.211. The van der Waals surface area contributed by atoms with E-state index in [-0.39, 0.29) is 22.9 Å². The van der Waals surface area contributed by atoms with E-state index in [0.717, 1.165) is 31.2 Å². The zero-order valence-corrected chi connectivity index (χ0v) is 20.7. The molecule has 11 heteroatoms. The molecule has 0 bridgehead atoms. The van der Waals surface area contributed by atoms with Crippen molar-refractivity contribution >= 4 is 29.4 Å². The highest BCUT2D eigenvalue weighted by molar-refractivity contribution is 6.13. The van der Waals surface area contributed by atoms with Gasteiger partial charge in [0.05, 0.1) is 18.1 Å². The third-order valence-corrected chi connectivity index (χ3v) is 6.85. The van der Waals surface area contributed by atoms with Gasteiger partial charge in [-0.3, -0.25) is 4.79 Å². The van der Waals surface area contributed by atoms with Gasteiger partial charge in [0.1, 0.15) is 11.6 Å². The van der Waals surface area contributed by atoms with Gasteiger partial charge in [-0.2, -0.15) is 0 Å². The van der Waals surface area contributed by atoms with E-state index in [1.807, 2.05) is 6.92 Å². The molecule has 1 amide bonds. The lowest BCUT2D eigenvalue weighted by Gasteiger charge is -2.19. The Labute approximate surface area is 216 Å². The fourth-order valence-corrected chi connectivity index (χ4v) is 4.38. The molecule has 2 fully saturated rings. The molecule has 0 spiro atoms. The van der Waals surface area contributed by atoms with E-state index in [4.69, 9.17) is 10.1 Å². The Balaban J connectivity index is 1.56. The first-order valence-corrected chi connectivity index (χ1v) is 12.0. The zero-order valence-electron chi connectivity index (χ0n) is 20.7. The van der Waals surface area contributed by atoms with E-state index in [0.29, 0.717) is 36.0 Å². The number of allylic oxidation sites excluding steroid dienone is 1. The number of anilines is 1. The van der Waals surface area contributed by atoms with Gasteiger partial charge >= 0.3 is 12.3 Å². The van der Waals surface area contributed by atoms with Crippen molar-refractivity contribution < 1.29 is 36.6 Å². The van der Waals surface area contributed by atoms with Crippen LogP contribution in [0.25, 0.3) is 5.57 Å². The Morgan fingerprint density at radius 3 is 2.39 bits per heavy atom. The third-order valence-electron chi connectivity index (χ3n) is 6.85. The molecule has 2 aliphatic carbocycles. The van der Waals surface area contributed by atoms with E-state index in [9.17, 15) is 27.2 Å². The van der Waals surface area contributed by atoms with E-state index in [1.165, 1.54) is 13.2 Å². The van der Waals surface area contributed by atoms with Crippen LogP contribution in [-0.4, -0.2) is 37.6 Å². The van der Waals surface area contributed by atoms with Crippen molar-refractivity contribution in [3.05, 3.63) is 65.1 Å². The summed E-state index contributed by atoms with van der Waals surface area (Å²) in [6, 6.07) is 7.43. The van der Waals surface area contributed by atoms with Crippen LogP contribution in [0.5, 0.6) is 5.75 Å². The normalized spacial score (nSPS) is 17.3. The Kier molecular flexibility index (Phi) is 7.48. The summed E-state index contributed by atoms with van der Waals surface area (Å²) in [6.45, 7) is 2.04. The van der Waals surface area contributed by atoms with E-state index >= 15 is 0 Å². The van der Waals surface area contributed by atoms with Gasteiger partial charge < -0.3 is 25.5 Å². The third kappa shape index (κ3) is 5.98. The fourth-order valence-electron chi connectivity index (χ4n) is 4.38. The second-order valence-corrected chi connectivity index (χ2v) is 9.51. The topological polar surface area (TPSA) is 101 Å². The first-order chi connectivity index (χ1) is 18.0. The van der Waals surface area contributed by atoms with Crippen molar-refractivity contribution in [2.45, 2.75) is 50.4 Å². The van der Waals surface area contributed by atoms with E-state index in [1.54, 1.807) is 18.3 Å². The maximum atomic E-state index is 14.7. The second kappa shape index (κ2) is 10.5. The van der Waals surface area contributed by atoms with Gasteiger partial charge in [-0.1, -0.05) is 12.1 Å². The maximum Gasteiger partial charge on any atom is 0.573 e. The molecule has 3 N–H and O–H groups in total. The first kappa shape index (κ1) is 27.2. The van der Waals surface area contributed by atoms with Crippen LogP contribution in [0.15, 0.2) is 42.6 Å². The number of hydrogen-bond acceptors (Lipinski definition) is 6. The summed E-state index contributed by atoms with van der Waals surface area (Å²) in [4.78, 5) is 25.7. The lowest BCUT2D eigenvalue weighted by Crippen LogP contribution is -2.29. The summed E-state index contributed by atoms with van der Waals surface area (Å²) in [5.74, 6) is -2.37. The minimum absolute atomic E-state index is 0.0424. The Morgan fingerprint density at radius 2 is 1.84 bits per heavy atom. The molecule has 7 nitrogen and oxygen atoms in total. The number of halogens is 4. The molecule has 2 saturated carbocycles. The fraction of sp³-hybridized carbons (Fsp3) is 0.370. The number of hydrogen-bond donors (Lipinski definition) is 3. The van der Waals surface area contributed by atoms with Crippen molar-refractivity contribution in [1.29, 1.82) is 5.41 Å². The van der Waals surface area contributed by atoms with Crippen molar-refractivity contribution in [1.82, 2.24) is 5.32 Å². The van der Waals surface area contributed by atoms with Crippen molar-refractivity contribution in [3.63, 3.8) is 0 Å². The smallest absolute Gasteiger partial charge is 0.465 e. The van der Waals surface area contributed by atoms with E-state index < -0.39 is 35.2 Å². The van der Waals surface area contributed by atoms with Crippen LogP contribution < -0.4 is 15.4 Å². The molecule has 2 aromatic carbocycles. The van der Waals surface area contributed by atoms with Crippen LogP contribution in [0.4, 0.5) is 23.2 Å². The minimum Gasteiger partial charge on any atom is -0.465 e. The number of nitrogens with one attached hydrogen (secondary N) is 3. The van der Waals surface area contributed by atoms with Crippen LogP contribution in [0.1, 0.15) is 54.1 Å². The first-order valence-electron chi connectivity index (χ1n) is 12.0. The Morgan fingerprint density at radius 1 is 1.13 bits per heavy atom. The largest absolute Gasteiger partial charge is 0.573 e. The predicted octanol–water partition coefficient (Wildman–Crippen LogP) is 5.56. The predicted molar refractivity (Wildman–Crippen MR) is 132 cm³/mol. The number of ether oxygens (including phenoxy) is 2. The summed E-state index contributed by atoms with van der Waals surface area (Å²) < 4.78 is 60.7. The number of benzene rings is 2. The van der Waals surface area contributed by atoms with Crippen LogP contribution in [-0.2, 0) is 14.9 Å². The van der Waals surface area contributed by atoms with Crippen LogP contribution in [0.2, 0.25) is 0 Å². The molecule has 0 aromatic heterocycles. The minimum atomic E-state index is -4.97. The summed E-state index contributed by atoms with van der Waals surface area (Å²) >= 11 is 0. The molecule has 2 aliphatic rings. The maximum absolute atomic E-state index is 14.7. The highest BCUT2D eigenvalue weighted by atomic mass is 19.4. The van der Waals surface area contributed by atoms with Gasteiger partial charge in [-0.15, -0.1) is 13.2 Å². The standard InChI is InChI=1S/C27H27F4N3O4/c1-15(16-3-4-16)33-14-17(13-32)20-7-5-18(11-21(20)24(35)37-2)34-25(36)26(9-10-26)22-8-6-19(12-23(22)28)38-27(29,30)31/h5-8,11-16,32-33H,3-4,9-10H2,1-2H3,(H,34,36)/b17-14+,32-13?. The molecule has 4 rings (SSSR count). The Bertz CT molecular complexity index is 1280. The average Bonchev–Trinajstić information content (AvgIpc) is 3.77. The van der Waals surface area contributed by atoms with Crippen molar-refractivity contribution in [2.24, 2.45) is 5.92 Å².